The number of nitrogens with one attached hydrogen (secondary N) is 2. The van der Waals surface area contributed by atoms with Crippen molar-refractivity contribution in [2.75, 3.05) is 39.3 Å². The predicted molar refractivity (Wildman–Crippen MR) is 267 cm³/mol. The van der Waals surface area contributed by atoms with E-state index in [2.05, 4.69) is 10.6 Å². The number of rotatable bonds is 22. The predicted octanol–water partition coefficient (Wildman–Crippen LogP) is 4.44. The largest absolute Gasteiger partial charge is 0.490 e. The molecule has 1 fully saturated rings. The van der Waals surface area contributed by atoms with Crippen LogP contribution in [0, 0.1) is 28.9 Å². The van der Waals surface area contributed by atoms with Gasteiger partial charge in [0.25, 0.3) is 11.8 Å². The third kappa shape index (κ3) is 18.1. The maximum atomic E-state index is 15.1. The topological polar surface area (TPSA) is 268 Å². The van der Waals surface area contributed by atoms with Crippen LogP contribution in [0.5, 0.6) is 0 Å². The van der Waals surface area contributed by atoms with Crippen LogP contribution < -0.4 is 16.4 Å². The number of ketones is 1. The first-order chi connectivity index (χ1) is 36.0. The van der Waals surface area contributed by atoms with E-state index >= 15 is 4.39 Å². The van der Waals surface area contributed by atoms with E-state index in [-0.39, 0.29) is 69.3 Å². The number of aliphatic hydroxyl groups excluding tert-OH is 1. The lowest BCUT2D eigenvalue weighted by atomic mass is 9.82. The fraction of sp³-hybridized carbons (Fsp3) is 0.491. The van der Waals surface area contributed by atoms with Gasteiger partial charge < -0.3 is 45.7 Å². The van der Waals surface area contributed by atoms with E-state index in [4.69, 9.17) is 20.4 Å². The minimum Gasteiger partial charge on any atom is -0.475 e. The summed E-state index contributed by atoms with van der Waals surface area (Å²) in [7, 11) is 0. The molecule has 5 rings (SSSR count). The molecule has 0 saturated carbocycles. The number of aliphatic hydroxyl groups is 1. The number of carboxylic acids is 1. The van der Waals surface area contributed by atoms with Crippen molar-refractivity contribution in [3.05, 3.63) is 95.8 Å². The van der Waals surface area contributed by atoms with E-state index in [0.29, 0.717) is 30.6 Å². The molecule has 77 heavy (non-hydrogen) atoms. The van der Waals surface area contributed by atoms with E-state index in [9.17, 15) is 61.0 Å². The number of piperidine rings is 1. The first-order valence-electron chi connectivity index (χ1n) is 24.8. The zero-order valence-electron chi connectivity index (χ0n) is 43.6. The molecule has 3 heterocycles. The zero-order chi connectivity index (χ0) is 57.5. The number of likely N-dealkylation sites (tertiary alicyclic amines) is 1. The van der Waals surface area contributed by atoms with Crippen LogP contribution in [0.25, 0.3) is 11.1 Å². The van der Waals surface area contributed by atoms with Gasteiger partial charge in [-0.05, 0) is 47.6 Å². The fourth-order valence-corrected chi connectivity index (χ4v) is 8.64. The average Bonchev–Trinajstić information content (AvgIpc) is 3.93. The van der Waals surface area contributed by atoms with Crippen molar-refractivity contribution in [2.24, 2.45) is 23.0 Å². The summed E-state index contributed by atoms with van der Waals surface area (Å²) in [6.45, 7) is 10.1. The van der Waals surface area contributed by atoms with Gasteiger partial charge in [-0.25, -0.2) is 13.6 Å². The lowest BCUT2D eigenvalue weighted by molar-refractivity contribution is -0.192. The molecule has 2 aliphatic rings. The summed E-state index contributed by atoms with van der Waals surface area (Å²) in [5, 5.41) is 22.7. The summed E-state index contributed by atoms with van der Waals surface area (Å²) in [5.74, 6) is -9.48. The molecule has 0 radical (unpaired) electrons. The van der Waals surface area contributed by atoms with Crippen molar-refractivity contribution in [3.8, 4) is 11.1 Å². The molecule has 0 bridgehead atoms. The average molecular weight is 1090 g/mol. The smallest absolute Gasteiger partial charge is 0.475 e. The summed E-state index contributed by atoms with van der Waals surface area (Å²) < 4.78 is 68.8. The molecular weight excluding hydrogens is 1020 g/mol. The number of esters is 1. The van der Waals surface area contributed by atoms with Crippen LogP contribution in [0.3, 0.4) is 0 Å². The molecule has 0 spiro atoms. The summed E-state index contributed by atoms with van der Waals surface area (Å²) in [6, 6.07) is 11.5. The number of carboxylic acid groups (broad SMARTS) is 1. The second-order valence-corrected chi connectivity index (χ2v) is 20.1. The lowest BCUT2D eigenvalue weighted by Crippen LogP contribution is -2.48. The number of imide groups is 1. The highest BCUT2D eigenvalue weighted by Crippen LogP contribution is 2.41. The second kappa shape index (κ2) is 27.6. The SMILES string of the molecule is CC(C)[C@H](NC(=O)CCNC(=O)[C@@H](N)CCN(C(=O)CO)[C@@H](c1cc(-c2cc(F)ccc2F)cn1Cc1ccccc1)C(C)(C)C)C(=O)C[C@@H](C)C(=O)OC1CCN(C(=O)CN2C(=O)C=CC2=O)CC1.O=C(O)C(F)(F)F. The first kappa shape index (κ1) is 62.2. The highest BCUT2D eigenvalue weighted by Gasteiger charge is 2.39. The van der Waals surface area contributed by atoms with Gasteiger partial charge in [0, 0.05) is 93.6 Å². The van der Waals surface area contributed by atoms with Gasteiger partial charge in [-0.3, -0.25) is 43.3 Å². The number of ether oxygens (including phenoxy) is 1. The van der Waals surface area contributed by atoms with E-state index in [0.717, 1.165) is 40.8 Å². The van der Waals surface area contributed by atoms with Gasteiger partial charge in [0.05, 0.1) is 24.0 Å². The molecule has 19 nitrogen and oxygen atoms in total. The van der Waals surface area contributed by atoms with Gasteiger partial charge in [0.1, 0.15) is 30.9 Å². The number of aliphatic carboxylic acids is 1. The van der Waals surface area contributed by atoms with Crippen LogP contribution in [-0.4, -0.2) is 146 Å². The number of hydrogen-bond donors (Lipinski definition) is 5. The van der Waals surface area contributed by atoms with E-state index < -0.39 is 107 Å². The Balaban J connectivity index is 0.00000171. The van der Waals surface area contributed by atoms with Crippen LogP contribution in [0.15, 0.2) is 72.9 Å². The zero-order valence-corrected chi connectivity index (χ0v) is 43.6. The van der Waals surface area contributed by atoms with Crippen molar-refractivity contribution in [2.45, 2.75) is 111 Å². The number of hydrogen-bond acceptors (Lipinski definition) is 12. The normalized spacial score (nSPS) is 15.5. The van der Waals surface area contributed by atoms with Gasteiger partial charge >= 0.3 is 18.1 Å². The number of alkyl halides is 3. The Labute approximate surface area is 441 Å². The molecule has 1 aromatic heterocycles. The number of halogens is 5. The van der Waals surface area contributed by atoms with Crippen molar-refractivity contribution in [1.29, 1.82) is 0 Å². The molecular formula is C53H66F5N7O12. The van der Waals surface area contributed by atoms with Crippen molar-refractivity contribution in [1.82, 2.24) is 29.9 Å². The van der Waals surface area contributed by atoms with Crippen LogP contribution in [0.1, 0.15) is 90.9 Å². The van der Waals surface area contributed by atoms with Gasteiger partial charge in [-0.2, -0.15) is 13.2 Å². The molecule has 1 saturated heterocycles. The Hall–Kier alpha value is -7.34. The summed E-state index contributed by atoms with van der Waals surface area (Å²) in [4.78, 5) is 115. The van der Waals surface area contributed by atoms with Crippen LogP contribution in [0.4, 0.5) is 22.0 Å². The third-order valence-electron chi connectivity index (χ3n) is 12.7. The minimum absolute atomic E-state index is 0.0307. The summed E-state index contributed by atoms with van der Waals surface area (Å²) in [6.07, 6.45) is -1.48. The molecule has 6 amide bonds. The van der Waals surface area contributed by atoms with Gasteiger partial charge in [0.2, 0.25) is 23.6 Å². The number of Topliss-reactive ketones (excluding diaryl/α,β-unsaturated/α-hetero) is 1. The van der Waals surface area contributed by atoms with Crippen LogP contribution >= 0.6 is 0 Å². The molecule has 3 aromatic rings. The fourth-order valence-electron chi connectivity index (χ4n) is 8.64. The molecule has 24 heteroatoms. The Morgan fingerprint density at radius 1 is 0.909 bits per heavy atom. The molecule has 2 aliphatic heterocycles. The Bertz CT molecular complexity index is 2630. The minimum atomic E-state index is -5.08. The monoisotopic (exact) mass is 1090 g/mol. The third-order valence-corrected chi connectivity index (χ3v) is 12.7. The molecule has 6 N–H and O–H groups in total. The van der Waals surface area contributed by atoms with E-state index in [1.54, 1.807) is 33.0 Å². The van der Waals surface area contributed by atoms with Gasteiger partial charge in [-0.1, -0.05) is 71.9 Å². The molecule has 0 aliphatic carbocycles. The number of aromatic nitrogens is 1. The maximum absolute atomic E-state index is 15.1. The van der Waals surface area contributed by atoms with Crippen molar-refractivity contribution in [3.63, 3.8) is 0 Å². The Kier molecular flexibility index (Phi) is 22.3. The van der Waals surface area contributed by atoms with Crippen molar-refractivity contribution >= 4 is 53.2 Å². The highest BCUT2D eigenvalue weighted by molar-refractivity contribution is 6.14. The second-order valence-electron chi connectivity index (χ2n) is 20.1. The lowest BCUT2D eigenvalue weighted by Gasteiger charge is -2.41. The molecule has 0 unspecified atom stereocenters. The van der Waals surface area contributed by atoms with Gasteiger partial charge in [-0.15, -0.1) is 0 Å². The number of carbonyl (C=O) groups is 9. The Morgan fingerprint density at radius 3 is 2.08 bits per heavy atom. The summed E-state index contributed by atoms with van der Waals surface area (Å²) in [5.41, 5.74) is 7.53. The number of benzene rings is 2. The van der Waals surface area contributed by atoms with Gasteiger partial charge in [0.15, 0.2) is 5.78 Å². The summed E-state index contributed by atoms with van der Waals surface area (Å²) >= 11 is 0. The van der Waals surface area contributed by atoms with Crippen LogP contribution in [0.2, 0.25) is 0 Å². The molecule has 4 atom stereocenters. The van der Waals surface area contributed by atoms with E-state index in [1.165, 1.54) is 9.80 Å². The number of carbonyl (C=O) groups excluding carboxylic acids is 8. The standard InChI is InChI=1S/C51H65F2N7O10.C2HF3O2/c1-31(2)47(41(62)24-32(3)50(69)70-36-17-21-57(22-18-36)45(66)29-60-43(64)14-15-44(60)65)56-42(63)16-20-55-49(68)39(54)19-23-59(46(67)30-61)48(51(4,5)6)40-25-34(37-26-35(52)12-13-38(37)53)28-58(40)27-33-10-8-7-9-11-33;3-2(4,5)1(6)7/h7-15,25-26,28,31-32,36,39,47-48,61H,16-24,27,29-30,54H2,1-6H3,(H,55,68)(H,56,63);(H,6,7)/t32-,39+,47+,48+;/m1./s1. The first-order valence-corrected chi connectivity index (χ1v) is 24.8. The maximum Gasteiger partial charge on any atom is 0.490 e. The molecule has 420 valence electrons. The van der Waals surface area contributed by atoms with E-state index in [1.807, 2.05) is 55.7 Å². The number of nitrogens with zero attached hydrogens (tertiary/aromatic N) is 4. The highest BCUT2D eigenvalue weighted by atomic mass is 19.4. The van der Waals surface area contributed by atoms with Crippen LogP contribution in [-0.2, 0) is 54.4 Å². The number of amides is 6. The van der Waals surface area contributed by atoms with Crippen molar-refractivity contribution < 1.29 is 80.1 Å². The number of nitrogens with two attached hydrogens (primary N) is 1. The molecule has 2 aromatic carbocycles. The Morgan fingerprint density at radius 2 is 1.52 bits per heavy atom. The quantitative estimate of drug-likeness (QED) is 0.0530.